The number of hydrogen-bond acceptors (Lipinski definition) is 2. The van der Waals surface area contributed by atoms with Crippen LogP contribution in [0.25, 0.3) is 0 Å². The summed E-state index contributed by atoms with van der Waals surface area (Å²) in [5.74, 6) is 0. The molecule has 0 aromatic rings. The van der Waals surface area contributed by atoms with Gasteiger partial charge < -0.3 is 0 Å². The molecule has 0 saturated carbocycles. The molecule has 1 heterocycles. The molecule has 0 spiro atoms. The highest BCUT2D eigenvalue weighted by Gasteiger charge is 2.83. The summed E-state index contributed by atoms with van der Waals surface area (Å²) in [5, 5.41) is 0. The molecule has 0 aromatic heterocycles. The zero-order valence-electron chi connectivity index (χ0n) is 4.95. The fourth-order valence-electron chi connectivity index (χ4n) is 0.494. The largest absolute Gasteiger partial charge is 0.398 e. The third kappa shape index (κ3) is 1.74. The highest BCUT2D eigenvalue weighted by molar-refractivity contribution is 8.51. The van der Waals surface area contributed by atoms with Gasteiger partial charge in [0, 0.05) is 12.0 Å². The maximum atomic E-state index is 11.8. The molecule has 1 atom stereocenters. The average Bonchev–Trinajstić information content (AvgIpc) is 1.52. The molecule has 10 heteroatoms. The van der Waals surface area contributed by atoms with Gasteiger partial charge in [-0.05, 0) is 0 Å². The number of alkyl halides is 2. The number of halogens is 7. The predicted octanol–water partition coefficient (Wildman–Crippen LogP) is 3.88. The van der Waals surface area contributed by atoms with Crippen molar-refractivity contribution in [2.75, 3.05) is 0 Å². The van der Waals surface area contributed by atoms with Crippen LogP contribution in [0.2, 0.25) is 0 Å². The summed E-state index contributed by atoms with van der Waals surface area (Å²) < 4.78 is 80.4. The van der Waals surface area contributed by atoms with E-state index in [0.29, 0.717) is 0 Å². The van der Waals surface area contributed by atoms with Gasteiger partial charge in [-0.2, -0.15) is 8.78 Å². The summed E-state index contributed by atoms with van der Waals surface area (Å²) in [7, 11) is -10.1. The van der Waals surface area contributed by atoms with Gasteiger partial charge in [0.05, 0.1) is 0 Å². The smallest absolute Gasteiger partial charge is 0.245 e. The van der Waals surface area contributed by atoms with E-state index < -0.39 is 33.0 Å². The Morgan fingerprint density at radius 1 is 1.08 bits per heavy atom. The summed E-state index contributed by atoms with van der Waals surface area (Å²) in [6.07, 6.45) is -4.81. The molecule has 0 aliphatic carbocycles. The van der Waals surface area contributed by atoms with Gasteiger partial charge in [0.15, 0.2) is 0 Å². The normalized spacial score (nSPS) is 34.8. The van der Waals surface area contributed by atoms with Crippen molar-refractivity contribution in [3.8, 4) is 0 Å². The molecule has 0 aromatic carbocycles. The summed E-state index contributed by atoms with van der Waals surface area (Å²) in [4.78, 5) is 0. The van der Waals surface area contributed by atoms with Crippen molar-refractivity contribution in [3.05, 3.63) is 0 Å². The van der Waals surface area contributed by atoms with Crippen LogP contribution >= 0.6 is 22.3 Å². The molecule has 1 nitrogen and oxygen atoms in total. The van der Waals surface area contributed by atoms with Crippen LogP contribution in [0.4, 0.5) is 28.2 Å². The van der Waals surface area contributed by atoms with Crippen molar-refractivity contribution < 1.29 is 32.4 Å². The Kier molecular flexibility index (Phi) is 1.44. The topological polar surface area (TPSA) is 9.23 Å². The van der Waals surface area contributed by atoms with Crippen LogP contribution in [-0.4, -0.2) is 10.7 Å². The van der Waals surface area contributed by atoms with Crippen LogP contribution < -0.4 is 0 Å². The Labute approximate surface area is 66.2 Å². The summed E-state index contributed by atoms with van der Waals surface area (Å²) in [5.41, 5.74) is 0. The average molecular weight is 238 g/mol. The second kappa shape index (κ2) is 1.69. The lowest BCUT2D eigenvalue weighted by atomic mass is 10.7. The zero-order chi connectivity index (χ0) is 9.90. The summed E-state index contributed by atoms with van der Waals surface area (Å²) >= 11 is -0.956. The molecule has 0 bridgehead atoms. The minimum atomic E-state index is -10.1. The second-order valence-electron chi connectivity index (χ2n) is 2.10. The molecular weight excluding hydrogens is 237 g/mol. The van der Waals surface area contributed by atoms with Gasteiger partial charge in [-0.1, -0.05) is 19.4 Å². The van der Waals surface area contributed by atoms with E-state index in [0.717, 1.165) is 0 Å². The highest BCUT2D eigenvalue weighted by Crippen LogP contribution is 3.04. The fraction of sp³-hybridized carbons (Fsp3) is 1.00. The van der Waals surface area contributed by atoms with E-state index in [2.05, 4.69) is 4.18 Å². The number of hydrogen-bond donors (Lipinski definition) is 0. The van der Waals surface area contributed by atoms with E-state index in [1.165, 1.54) is 0 Å². The van der Waals surface area contributed by atoms with Crippen LogP contribution in [-0.2, 0) is 4.18 Å². The van der Waals surface area contributed by atoms with E-state index in [9.17, 15) is 28.2 Å². The summed E-state index contributed by atoms with van der Waals surface area (Å²) in [6, 6.07) is 0. The minimum absolute atomic E-state index is 0.956. The van der Waals surface area contributed by atoms with Crippen molar-refractivity contribution in [1.29, 1.82) is 0 Å². The first kappa shape index (κ1) is 10.3. The molecule has 1 unspecified atom stereocenters. The molecule has 0 N–H and O–H groups in total. The van der Waals surface area contributed by atoms with Crippen LogP contribution in [0.1, 0.15) is 0 Å². The first-order valence-electron chi connectivity index (χ1n) is 2.28. The quantitative estimate of drug-likeness (QED) is 0.506. The first-order valence-corrected chi connectivity index (χ1v) is 5.10. The summed E-state index contributed by atoms with van der Waals surface area (Å²) in [6.45, 7) is 0. The van der Waals surface area contributed by atoms with Gasteiger partial charge in [-0.15, -0.1) is 0 Å². The van der Waals surface area contributed by atoms with E-state index >= 15 is 0 Å². The van der Waals surface area contributed by atoms with E-state index in [4.69, 9.17) is 0 Å². The van der Waals surface area contributed by atoms with Crippen molar-refractivity contribution in [2.45, 2.75) is 10.7 Å². The molecule has 1 fully saturated rings. The molecule has 1 aliphatic heterocycles. The van der Waals surface area contributed by atoms with E-state index in [-0.39, 0.29) is 0 Å². The van der Waals surface area contributed by atoms with Gasteiger partial charge in [0.25, 0.3) is 4.58 Å². The maximum Gasteiger partial charge on any atom is 0.398 e. The molecule has 12 heavy (non-hydrogen) atoms. The molecule has 1 rings (SSSR count). The Balaban J connectivity index is 3.01. The van der Waals surface area contributed by atoms with Gasteiger partial charge in [-0.25, -0.2) is 4.18 Å². The van der Waals surface area contributed by atoms with Crippen LogP contribution in [0.15, 0.2) is 0 Å². The standard InChI is InChI=1S/C2HF7OS2/c3-2(4)1(11-10-2)12(5,6,7,8)9/h1H. The third-order valence-electron chi connectivity index (χ3n) is 0.926. The van der Waals surface area contributed by atoms with Crippen molar-refractivity contribution in [1.82, 2.24) is 0 Å². The Bertz CT molecular complexity index is 215. The first-order chi connectivity index (χ1) is 4.83. The Hall–Kier alpha value is 0.170. The molecule has 0 radical (unpaired) electrons. The van der Waals surface area contributed by atoms with Crippen LogP contribution in [0.3, 0.4) is 0 Å². The Morgan fingerprint density at radius 2 is 1.50 bits per heavy atom. The SMILES string of the molecule is FC1(F)OSC1S(F)(F)(F)(F)F. The van der Waals surface area contributed by atoms with Gasteiger partial charge in [-0.3, -0.25) is 0 Å². The van der Waals surface area contributed by atoms with Crippen molar-refractivity contribution >= 4 is 22.3 Å². The fourth-order valence-corrected chi connectivity index (χ4v) is 2.16. The molecule has 0 amide bonds. The lowest BCUT2D eigenvalue weighted by Gasteiger charge is -2.51. The van der Waals surface area contributed by atoms with Crippen molar-refractivity contribution in [3.63, 3.8) is 0 Å². The molecule has 1 saturated heterocycles. The minimum Gasteiger partial charge on any atom is -0.245 e. The maximum absolute atomic E-state index is 11.8. The van der Waals surface area contributed by atoms with Gasteiger partial charge in [0.1, 0.15) is 0 Å². The lowest BCUT2D eigenvalue weighted by molar-refractivity contribution is -0.182. The molecule has 76 valence electrons. The second-order valence-corrected chi connectivity index (χ2v) is 5.76. The third-order valence-corrected chi connectivity index (χ3v) is 4.10. The van der Waals surface area contributed by atoms with Crippen LogP contribution in [0, 0.1) is 0 Å². The van der Waals surface area contributed by atoms with Gasteiger partial charge >= 0.3 is 16.3 Å². The van der Waals surface area contributed by atoms with E-state index in [1.807, 2.05) is 0 Å². The Morgan fingerprint density at radius 3 is 1.50 bits per heavy atom. The van der Waals surface area contributed by atoms with Gasteiger partial charge in [0.2, 0.25) is 0 Å². The van der Waals surface area contributed by atoms with Crippen molar-refractivity contribution in [2.24, 2.45) is 0 Å². The highest BCUT2D eigenvalue weighted by atomic mass is 32.5. The van der Waals surface area contributed by atoms with Crippen LogP contribution in [0.5, 0.6) is 0 Å². The predicted molar refractivity (Wildman–Crippen MR) is 30.5 cm³/mol. The molecule has 1 aliphatic rings. The van der Waals surface area contributed by atoms with E-state index in [1.54, 1.807) is 0 Å². The zero-order valence-corrected chi connectivity index (χ0v) is 6.58. The number of rotatable bonds is 1. The monoisotopic (exact) mass is 238 g/mol. The molecular formula is C2HF7OS2. The lowest BCUT2D eigenvalue weighted by Crippen LogP contribution is -2.48.